The van der Waals surface area contributed by atoms with Crippen LogP contribution in [0.5, 0.6) is 5.75 Å². The highest BCUT2D eigenvalue weighted by Crippen LogP contribution is 2.25. The molecule has 2 rings (SSSR count). The molecule has 0 atom stereocenters. The van der Waals surface area contributed by atoms with Crippen LogP contribution in [-0.4, -0.2) is 11.5 Å². The van der Waals surface area contributed by atoms with Crippen molar-refractivity contribution in [2.75, 3.05) is 11.9 Å². The van der Waals surface area contributed by atoms with Crippen molar-refractivity contribution in [3.8, 4) is 5.75 Å². The largest absolute Gasteiger partial charge is 0.486 e. The number of aryl methyl sites for hydroxylation is 1. The summed E-state index contributed by atoms with van der Waals surface area (Å²) < 4.78 is 5.69. The Morgan fingerprint density at radius 3 is 2.84 bits per heavy atom. The number of halogens is 1. The third-order valence-corrected chi connectivity index (χ3v) is 2.96. The molecular weight excluding hydrogens is 260 g/mol. The lowest BCUT2D eigenvalue weighted by molar-refractivity contribution is 0.301. The highest BCUT2D eigenvalue weighted by Gasteiger charge is 2.03. The predicted molar refractivity (Wildman–Crippen MR) is 78.9 cm³/mol. The second-order valence-corrected chi connectivity index (χ2v) is 4.70. The van der Waals surface area contributed by atoms with Crippen LogP contribution in [0.4, 0.5) is 5.69 Å². The van der Waals surface area contributed by atoms with Gasteiger partial charge in [-0.1, -0.05) is 17.7 Å². The maximum absolute atomic E-state index is 6.12. The normalized spacial score (nSPS) is 10.3. The molecule has 1 N–H and O–H groups in total. The highest BCUT2D eigenvalue weighted by atomic mass is 35.5. The lowest BCUT2D eigenvalue weighted by Crippen LogP contribution is -2.01. The molecular formula is C15H17ClN2O. The first-order valence-electron chi connectivity index (χ1n) is 6.27. The summed E-state index contributed by atoms with van der Waals surface area (Å²) in [5, 5.41) is 3.87. The molecule has 3 nitrogen and oxygen atoms in total. The summed E-state index contributed by atoms with van der Waals surface area (Å²) in [6, 6.07) is 9.66. The van der Waals surface area contributed by atoms with Gasteiger partial charge in [0, 0.05) is 18.4 Å². The van der Waals surface area contributed by atoms with E-state index >= 15 is 0 Å². The fourth-order valence-corrected chi connectivity index (χ4v) is 2.04. The fourth-order valence-electron chi connectivity index (χ4n) is 1.75. The summed E-state index contributed by atoms with van der Waals surface area (Å²) in [6.07, 6.45) is 1.77. The molecule has 1 aromatic carbocycles. The fraction of sp³-hybridized carbons (Fsp3) is 0.267. The number of anilines is 1. The Hall–Kier alpha value is -1.74. The monoisotopic (exact) mass is 276 g/mol. The molecule has 0 radical (unpaired) electrons. The van der Waals surface area contributed by atoms with E-state index < -0.39 is 0 Å². The Kier molecular flexibility index (Phi) is 4.63. The van der Waals surface area contributed by atoms with E-state index in [-0.39, 0.29) is 0 Å². The zero-order chi connectivity index (χ0) is 13.7. The van der Waals surface area contributed by atoms with Gasteiger partial charge >= 0.3 is 0 Å². The standard InChI is InChI=1S/C15H17ClN2O/c1-3-17-12-6-7-18-13(9-12)10-19-15-5-4-11(2)8-14(15)16/h4-9H,3,10H2,1-2H3,(H,17,18). The van der Waals surface area contributed by atoms with E-state index in [2.05, 4.69) is 17.2 Å². The minimum Gasteiger partial charge on any atom is -0.486 e. The van der Waals surface area contributed by atoms with Gasteiger partial charge in [-0.15, -0.1) is 0 Å². The number of aromatic nitrogens is 1. The van der Waals surface area contributed by atoms with Gasteiger partial charge in [0.1, 0.15) is 12.4 Å². The number of nitrogens with zero attached hydrogens (tertiary/aromatic N) is 1. The molecule has 0 aliphatic rings. The molecule has 19 heavy (non-hydrogen) atoms. The van der Waals surface area contributed by atoms with E-state index in [1.807, 2.05) is 37.3 Å². The first kappa shape index (κ1) is 13.7. The molecule has 0 aliphatic carbocycles. The second-order valence-electron chi connectivity index (χ2n) is 4.29. The van der Waals surface area contributed by atoms with E-state index in [1.165, 1.54) is 0 Å². The summed E-state index contributed by atoms with van der Waals surface area (Å²) >= 11 is 6.12. The quantitative estimate of drug-likeness (QED) is 0.894. The Balaban J connectivity index is 2.03. The van der Waals surface area contributed by atoms with Crippen molar-refractivity contribution >= 4 is 17.3 Å². The molecule has 0 fully saturated rings. The van der Waals surface area contributed by atoms with Crippen molar-refractivity contribution in [2.24, 2.45) is 0 Å². The molecule has 100 valence electrons. The van der Waals surface area contributed by atoms with Crippen molar-refractivity contribution in [1.82, 2.24) is 4.98 Å². The van der Waals surface area contributed by atoms with Crippen LogP contribution in [-0.2, 0) is 6.61 Å². The zero-order valence-corrected chi connectivity index (χ0v) is 11.9. The van der Waals surface area contributed by atoms with Crippen LogP contribution in [0.3, 0.4) is 0 Å². The van der Waals surface area contributed by atoms with Crippen LogP contribution in [0, 0.1) is 6.92 Å². The van der Waals surface area contributed by atoms with Gasteiger partial charge in [0.2, 0.25) is 0 Å². The van der Waals surface area contributed by atoms with Crippen molar-refractivity contribution in [3.05, 3.63) is 52.8 Å². The van der Waals surface area contributed by atoms with Gasteiger partial charge in [0.05, 0.1) is 10.7 Å². The summed E-state index contributed by atoms with van der Waals surface area (Å²) in [4.78, 5) is 4.28. The van der Waals surface area contributed by atoms with E-state index in [4.69, 9.17) is 16.3 Å². The van der Waals surface area contributed by atoms with Gasteiger partial charge in [-0.2, -0.15) is 0 Å². The lowest BCUT2D eigenvalue weighted by Gasteiger charge is -2.09. The second kappa shape index (κ2) is 6.43. The Morgan fingerprint density at radius 2 is 2.11 bits per heavy atom. The molecule has 0 saturated carbocycles. The smallest absolute Gasteiger partial charge is 0.138 e. The van der Waals surface area contributed by atoms with Crippen LogP contribution in [0.2, 0.25) is 5.02 Å². The third-order valence-electron chi connectivity index (χ3n) is 2.66. The van der Waals surface area contributed by atoms with Gasteiger partial charge in [-0.05, 0) is 43.7 Å². The zero-order valence-electron chi connectivity index (χ0n) is 11.1. The molecule has 1 aromatic heterocycles. The molecule has 0 aliphatic heterocycles. The maximum atomic E-state index is 6.12. The van der Waals surface area contributed by atoms with Crippen molar-refractivity contribution in [3.63, 3.8) is 0 Å². The summed E-state index contributed by atoms with van der Waals surface area (Å²) in [6.45, 7) is 5.34. The number of ether oxygens (including phenoxy) is 1. The Bertz CT molecular complexity index is 558. The topological polar surface area (TPSA) is 34.2 Å². The molecule has 0 saturated heterocycles. The number of rotatable bonds is 5. The minimum atomic E-state index is 0.405. The Labute approximate surface area is 118 Å². The molecule has 0 spiro atoms. The van der Waals surface area contributed by atoms with Crippen molar-refractivity contribution < 1.29 is 4.74 Å². The molecule has 1 heterocycles. The van der Waals surface area contributed by atoms with E-state index in [0.717, 1.165) is 23.5 Å². The number of nitrogens with one attached hydrogen (secondary N) is 1. The Morgan fingerprint density at radius 1 is 1.26 bits per heavy atom. The molecule has 2 aromatic rings. The molecule has 0 bridgehead atoms. The van der Waals surface area contributed by atoms with Gasteiger partial charge < -0.3 is 10.1 Å². The number of pyridine rings is 1. The van der Waals surface area contributed by atoms with Crippen LogP contribution in [0.25, 0.3) is 0 Å². The van der Waals surface area contributed by atoms with E-state index in [1.54, 1.807) is 6.20 Å². The minimum absolute atomic E-state index is 0.405. The summed E-state index contributed by atoms with van der Waals surface area (Å²) in [5.41, 5.74) is 3.03. The highest BCUT2D eigenvalue weighted by molar-refractivity contribution is 6.32. The van der Waals surface area contributed by atoms with Crippen molar-refractivity contribution in [2.45, 2.75) is 20.5 Å². The summed E-state index contributed by atoms with van der Waals surface area (Å²) in [5.74, 6) is 0.683. The summed E-state index contributed by atoms with van der Waals surface area (Å²) in [7, 11) is 0. The number of hydrogen-bond donors (Lipinski definition) is 1. The van der Waals surface area contributed by atoms with E-state index in [9.17, 15) is 0 Å². The average molecular weight is 277 g/mol. The number of hydrogen-bond acceptors (Lipinski definition) is 3. The van der Waals surface area contributed by atoms with Gasteiger partial charge in [-0.3, -0.25) is 4.98 Å². The van der Waals surface area contributed by atoms with Gasteiger partial charge in [0.25, 0.3) is 0 Å². The first-order chi connectivity index (χ1) is 9.19. The van der Waals surface area contributed by atoms with Crippen molar-refractivity contribution in [1.29, 1.82) is 0 Å². The van der Waals surface area contributed by atoms with Crippen LogP contribution >= 0.6 is 11.6 Å². The van der Waals surface area contributed by atoms with Crippen LogP contribution in [0.15, 0.2) is 36.5 Å². The molecule has 4 heteroatoms. The van der Waals surface area contributed by atoms with E-state index in [0.29, 0.717) is 17.4 Å². The number of benzene rings is 1. The first-order valence-corrected chi connectivity index (χ1v) is 6.64. The maximum Gasteiger partial charge on any atom is 0.138 e. The van der Waals surface area contributed by atoms with Gasteiger partial charge in [-0.25, -0.2) is 0 Å². The third kappa shape index (κ3) is 3.86. The SMILES string of the molecule is CCNc1ccnc(COc2ccc(C)cc2Cl)c1. The average Bonchev–Trinajstić information content (AvgIpc) is 2.38. The molecule has 0 amide bonds. The molecule has 0 unspecified atom stereocenters. The van der Waals surface area contributed by atoms with Crippen LogP contribution in [0.1, 0.15) is 18.2 Å². The van der Waals surface area contributed by atoms with Gasteiger partial charge in [0.15, 0.2) is 0 Å². The van der Waals surface area contributed by atoms with Crippen LogP contribution < -0.4 is 10.1 Å². The predicted octanol–water partition coefficient (Wildman–Crippen LogP) is 4.05. The lowest BCUT2D eigenvalue weighted by atomic mass is 10.2.